The first kappa shape index (κ1) is 14.5. The summed E-state index contributed by atoms with van der Waals surface area (Å²) in [5.41, 5.74) is 1.48. The zero-order chi connectivity index (χ0) is 14.0. The third-order valence-electron chi connectivity index (χ3n) is 2.91. The summed E-state index contributed by atoms with van der Waals surface area (Å²) >= 11 is 6.12. The van der Waals surface area contributed by atoms with Crippen molar-refractivity contribution in [3.8, 4) is 0 Å². The Labute approximate surface area is 119 Å². The average Bonchev–Trinajstić information content (AvgIpc) is 2.67. The van der Waals surface area contributed by atoms with E-state index in [4.69, 9.17) is 11.6 Å². The second kappa shape index (κ2) is 6.01. The molecule has 0 fully saturated rings. The van der Waals surface area contributed by atoms with Crippen LogP contribution in [0.2, 0.25) is 0 Å². The standard InChI is InChI=1S/C13H16ClFN2OS/c1-9(14)13-16-11-5-4-10(15)8-12(11)17(13)6-3-7-19(2)18/h4-5,8-9H,3,6-7H2,1-2H3. The summed E-state index contributed by atoms with van der Waals surface area (Å²) in [5.74, 6) is 1.05. The number of benzene rings is 1. The molecule has 3 nitrogen and oxygen atoms in total. The van der Waals surface area contributed by atoms with Gasteiger partial charge in [0.05, 0.1) is 16.4 Å². The summed E-state index contributed by atoms with van der Waals surface area (Å²) in [6.07, 6.45) is 2.43. The van der Waals surface area contributed by atoms with Crippen LogP contribution in [0.15, 0.2) is 18.2 Å². The van der Waals surface area contributed by atoms with E-state index < -0.39 is 10.8 Å². The molecule has 0 amide bonds. The minimum Gasteiger partial charge on any atom is -0.327 e. The molecule has 0 N–H and O–H groups in total. The lowest BCUT2D eigenvalue weighted by Gasteiger charge is -2.10. The molecule has 1 heterocycles. The van der Waals surface area contributed by atoms with Gasteiger partial charge in [0.25, 0.3) is 0 Å². The van der Waals surface area contributed by atoms with Gasteiger partial charge in [-0.05, 0) is 31.5 Å². The minimum atomic E-state index is -0.823. The predicted octanol–water partition coefficient (Wildman–Crippen LogP) is 3.24. The van der Waals surface area contributed by atoms with Gasteiger partial charge >= 0.3 is 0 Å². The van der Waals surface area contributed by atoms with Gasteiger partial charge < -0.3 is 4.57 Å². The fourth-order valence-electron chi connectivity index (χ4n) is 2.08. The maximum Gasteiger partial charge on any atom is 0.127 e. The van der Waals surface area contributed by atoms with Gasteiger partial charge in [0.2, 0.25) is 0 Å². The van der Waals surface area contributed by atoms with Gasteiger partial charge in [-0.15, -0.1) is 11.6 Å². The Morgan fingerprint density at radius 2 is 2.26 bits per heavy atom. The average molecular weight is 303 g/mol. The van der Waals surface area contributed by atoms with Crippen LogP contribution in [0.5, 0.6) is 0 Å². The van der Waals surface area contributed by atoms with E-state index >= 15 is 0 Å². The molecule has 0 saturated carbocycles. The van der Waals surface area contributed by atoms with Crippen molar-refractivity contribution in [1.82, 2.24) is 9.55 Å². The summed E-state index contributed by atoms with van der Waals surface area (Å²) in [7, 11) is -0.823. The summed E-state index contributed by atoms with van der Waals surface area (Å²) in [6, 6.07) is 4.51. The van der Waals surface area contributed by atoms with E-state index in [-0.39, 0.29) is 11.2 Å². The first-order valence-electron chi connectivity index (χ1n) is 6.09. The molecule has 104 valence electrons. The van der Waals surface area contributed by atoms with Crippen LogP contribution in [0, 0.1) is 5.82 Å². The van der Waals surface area contributed by atoms with Crippen LogP contribution < -0.4 is 0 Å². The van der Waals surface area contributed by atoms with Gasteiger partial charge in [-0.3, -0.25) is 4.21 Å². The molecule has 6 heteroatoms. The van der Waals surface area contributed by atoms with Crippen LogP contribution in [0.3, 0.4) is 0 Å². The second-order valence-corrected chi connectivity index (χ2v) is 6.71. The van der Waals surface area contributed by atoms with Gasteiger partial charge in [-0.25, -0.2) is 9.37 Å². The lowest BCUT2D eigenvalue weighted by molar-refractivity contribution is 0.623. The maximum absolute atomic E-state index is 13.4. The molecular weight excluding hydrogens is 287 g/mol. The number of aryl methyl sites for hydroxylation is 1. The molecule has 2 unspecified atom stereocenters. The largest absolute Gasteiger partial charge is 0.327 e. The predicted molar refractivity (Wildman–Crippen MR) is 77.5 cm³/mol. The van der Waals surface area contributed by atoms with Gasteiger partial charge in [0.15, 0.2) is 0 Å². The second-order valence-electron chi connectivity index (χ2n) is 4.50. The van der Waals surface area contributed by atoms with Crippen molar-refractivity contribution < 1.29 is 8.60 Å². The normalized spacial score (nSPS) is 14.7. The maximum atomic E-state index is 13.4. The number of rotatable bonds is 5. The highest BCUT2D eigenvalue weighted by atomic mass is 35.5. The number of alkyl halides is 1. The molecule has 2 rings (SSSR count). The first-order valence-corrected chi connectivity index (χ1v) is 8.25. The molecule has 0 spiro atoms. The van der Waals surface area contributed by atoms with E-state index in [1.165, 1.54) is 12.1 Å². The highest BCUT2D eigenvalue weighted by molar-refractivity contribution is 7.84. The van der Waals surface area contributed by atoms with Gasteiger partial charge in [0.1, 0.15) is 11.6 Å². The number of halogens is 2. The number of imidazole rings is 1. The zero-order valence-corrected chi connectivity index (χ0v) is 12.5. The van der Waals surface area contributed by atoms with Crippen LogP contribution in [0.1, 0.15) is 24.5 Å². The van der Waals surface area contributed by atoms with Gasteiger partial charge in [0, 0.05) is 29.4 Å². The number of nitrogens with zero attached hydrogens (tertiary/aromatic N) is 2. The van der Waals surface area contributed by atoms with Crippen LogP contribution in [-0.4, -0.2) is 25.8 Å². The highest BCUT2D eigenvalue weighted by Gasteiger charge is 2.15. The smallest absolute Gasteiger partial charge is 0.127 e. The zero-order valence-electron chi connectivity index (χ0n) is 10.9. The van der Waals surface area contributed by atoms with E-state index in [0.717, 1.165) is 23.3 Å². The molecule has 0 aliphatic heterocycles. The number of fused-ring (bicyclic) bond motifs is 1. The van der Waals surface area contributed by atoms with Crippen LogP contribution in [0.4, 0.5) is 4.39 Å². The van der Waals surface area contributed by atoms with Gasteiger partial charge in [-0.1, -0.05) is 0 Å². The van der Waals surface area contributed by atoms with E-state index in [1.807, 2.05) is 11.5 Å². The highest BCUT2D eigenvalue weighted by Crippen LogP contribution is 2.25. The topological polar surface area (TPSA) is 34.9 Å². The van der Waals surface area contributed by atoms with Crippen molar-refractivity contribution in [3.63, 3.8) is 0 Å². The number of hydrogen-bond donors (Lipinski definition) is 0. The van der Waals surface area contributed by atoms with Crippen LogP contribution in [0.25, 0.3) is 11.0 Å². The quantitative estimate of drug-likeness (QED) is 0.795. The van der Waals surface area contributed by atoms with Crippen LogP contribution in [-0.2, 0) is 17.3 Å². The van der Waals surface area contributed by atoms with Crippen molar-refractivity contribution in [2.75, 3.05) is 12.0 Å². The molecule has 2 atom stereocenters. The molecule has 19 heavy (non-hydrogen) atoms. The minimum absolute atomic E-state index is 0.248. The Balaban J connectivity index is 2.39. The molecule has 0 aliphatic rings. The summed E-state index contributed by atoms with van der Waals surface area (Å²) in [4.78, 5) is 4.44. The molecule has 0 aliphatic carbocycles. The lowest BCUT2D eigenvalue weighted by atomic mass is 10.3. The third-order valence-corrected chi connectivity index (χ3v) is 3.97. The summed E-state index contributed by atoms with van der Waals surface area (Å²) < 4.78 is 26.4. The molecule has 2 aromatic rings. The van der Waals surface area contributed by atoms with E-state index in [0.29, 0.717) is 12.3 Å². The van der Waals surface area contributed by atoms with Crippen molar-refractivity contribution in [3.05, 3.63) is 29.8 Å². The molecule has 0 bridgehead atoms. The molecule has 1 aromatic heterocycles. The van der Waals surface area contributed by atoms with E-state index in [1.54, 1.807) is 12.3 Å². The van der Waals surface area contributed by atoms with Crippen molar-refractivity contribution in [2.45, 2.75) is 25.3 Å². The molecule has 0 saturated heterocycles. The molecule has 1 aromatic carbocycles. The monoisotopic (exact) mass is 302 g/mol. The Kier molecular flexibility index (Phi) is 4.58. The van der Waals surface area contributed by atoms with Crippen molar-refractivity contribution in [2.24, 2.45) is 0 Å². The first-order chi connectivity index (χ1) is 8.99. The van der Waals surface area contributed by atoms with Crippen molar-refractivity contribution >= 4 is 33.4 Å². The van der Waals surface area contributed by atoms with E-state index in [9.17, 15) is 8.60 Å². The Hall–Kier alpha value is -0.940. The third kappa shape index (κ3) is 3.34. The Morgan fingerprint density at radius 1 is 1.53 bits per heavy atom. The summed E-state index contributed by atoms with van der Waals surface area (Å²) in [6.45, 7) is 2.49. The Bertz CT molecular complexity index is 612. The molecular formula is C13H16ClFN2OS. The van der Waals surface area contributed by atoms with Crippen LogP contribution >= 0.6 is 11.6 Å². The van der Waals surface area contributed by atoms with Crippen molar-refractivity contribution in [1.29, 1.82) is 0 Å². The Morgan fingerprint density at radius 3 is 2.89 bits per heavy atom. The van der Waals surface area contributed by atoms with E-state index in [2.05, 4.69) is 4.98 Å². The number of aromatic nitrogens is 2. The molecule has 0 radical (unpaired) electrons. The fourth-order valence-corrected chi connectivity index (χ4v) is 2.78. The fraction of sp³-hybridized carbons (Fsp3) is 0.462. The SMILES string of the molecule is CC(Cl)c1nc2ccc(F)cc2n1CCCS(C)=O. The summed E-state index contributed by atoms with van der Waals surface area (Å²) in [5, 5.41) is -0.248. The van der Waals surface area contributed by atoms with Gasteiger partial charge in [-0.2, -0.15) is 0 Å². The number of hydrogen-bond acceptors (Lipinski definition) is 2. The lowest BCUT2D eigenvalue weighted by Crippen LogP contribution is -2.07.